The largest absolute Gasteiger partial charge is 0.415 e. The number of nitrogens with zero attached hydrogens (tertiary/aromatic N) is 4. The fourth-order valence-corrected chi connectivity index (χ4v) is 3.78. The van der Waals surface area contributed by atoms with Gasteiger partial charge in [0, 0.05) is 43.6 Å². The quantitative estimate of drug-likeness (QED) is 0.549. The molecule has 1 aliphatic rings. The van der Waals surface area contributed by atoms with E-state index < -0.39 is 6.09 Å². The molecular formula is C24H23ClN4O3. The van der Waals surface area contributed by atoms with Crippen molar-refractivity contribution < 1.29 is 14.3 Å². The van der Waals surface area contributed by atoms with Gasteiger partial charge in [-0.25, -0.2) is 9.78 Å². The first-order valence-electron chi connectivity index (χ1n) is 10.4. The third-order valence-corrected chi connectivity index (χ3v) is 5.64. The van der Waals surface area contributed by atoms with Gasteiger partial charge in [-0.05, 0) is 49.7 Å². The van der Waals surface area contributed by atoms with Crippen LogP contribution in [0.5, 0.6) is 5.75 Å². The smallest absolute Gasteiger partial charge is 0.409 e. The van der Waals surface area contributed by atoms with Gasteiger partial charge in [-0.3, -0.25) is 9.78 Å². The standard InChI is InChI=1S/C24H23ClN4O3/c1-17-18(7-5-12-26-17)23(30)20-9-4-11-22(27-20)28-13-6-14-29(16-15-28)24(31)32-21-10-3-2-8-19(21)25/h2-5,7-12H,6,13-16H2,1H3. The summed E-state index contributed by atoms with van der Waals surface area (Å²) in [5.74, 6) is 0.898. The number of para-hydroxylation sites is 1. The Morgan fingerprint density at radius 1 is 0.969 bits per heavy atom. The Kier molecular flexibility index (Phi) is 6.66. The van der Waals surface area contributed by atoms with Crippen LogP contribution >= 0.6 is 11.6 Å². The maximum atomic E-state index is 12.9. The Hall–Kier alpha value is -3.45. The average molecular weight is 451 g/mol. The van der Waals surface area contributed by atoms with Crippen LogP contribution in [0, 0.1) is 6.92 Å². The molecule has 0 radical (unpaired) electrons. The Morgan fingerprint density at radius 3 is 2.62 bits per heavy atom. The van der Waals surface area contributed by atoms with Crippen LogP contribution in [-0.4, -0.2) is 52.9 Å². The number of aryl methyl sites for hydroxylation is 1. The van der Waals surface area contributed by atoms with Gasteiger partial charge in [0.05, 0.1) is 5.02 Å². The summed E-state index contributed by atoms with van der Waals surface area (Å²) in [5, 5.41) is 0.395. The number of hydrogen-bond acceptors (Lipinski definition) is 6. The molecule has 1 saturated heterocycles. The number of rotatable bonds is 4. The summed E-state index contributed by atoms with van der Waals surface area (Å²) >= 11 is 6.09. The number of carbonyl (C=O) groups is 2. The van der Waals surface area contributed by atoms with Crippen LogP contribution in [0.25, 0.3) is 0 Å². The first-order chi connectivity index (χ1) is 15.5. The van der Waals surface area contributed by atoms with E-state index in [0.29, 0.717) is 59.7 Å². The summed E-state index contributed by atoms with van der Waals surface area (Å²) < 4.78 is 5.46. The highest BCUT2D eigenvalue weighted by Gasteiger charge is 2.23. The predicted octanol–water partition coefficient (Wildman–Crippen LogP) is 4.38. The molecule has 0 bridgehead atoms. The molecule has 3 aromatic rings. The molecule has 3 heterocycles. The van der Waals surface area contributed by atoms with Crippen LogP contribution in [0.2, 0.25) is 5.02 Å². The minimum absolute atomic E-state index is 0.155. The normalized spacial score (nSPS) is 14.1. The zero-order valence-electron chi connectivity index (χ0n) is 17.7. The summed E-state index contributed by atoms with van der Waals surface area (Å²) in [6.07, 6.45) is 1.98. The van der Waals surface area contributed by atoms with Crippen LogP contribution in [0.15, 0.2) is 60.8 Å². The summed E-state index contributed by atoms with van der Waals surface area (Å²) in [6.45, 7) is 4.14. The second kappa shape index (κ2) is 9.78. The lowest BCUT2D eigenvalue weighted by Gasteiger charge is -2.23. The van der Waals surface area contributed by atoms with E-state index >= 15 is 0 Å². The summed E-state index contributed by atoms with van der Waals surface area (Å²) in [5.41, 5.74) is 1.59. The van der Waals surface area contributed by atoms with Crippen LogP contribution in [0.4, 0.5) is 10.6 Å². The van der Waals surface area contributed by atoms with Gasteiger partial charge >= 0.3 is 6.09 Å². The number of benzene rings is 1. The van der Waals surface area contributed by atoms with Crippen LogP contribution < -0.4 is 9.64 Å². The van der Waals surface area contributed by atoms with Crippen molar-refractivity contribution in [1.29, 1.82) is 0 Å². The molecule has 2 aromatic heterocycles. The number of carbonyl (C=O) groups excluding carboxylic acids is 2. The van der Waals surface area contributed by atoms with E-state index in [-0.39, 0.29) is 5.78 Å². The average Bonchev–Trinajstić information content (AvgIpc) is 3.07. The van der Waals surface area contributed by atoms with Crippen molar-refractivity contribution in [2.75, 3.05) is 31.1 Å². The minimum Gasteiger partial charge on any atom is -0.409 e. The molecule has 0 saturated carbocycles. The van der Waals surface area contributed by atoms with E-state index in [1.165, 1.54) is 0 Å². The molecule has 164 valence electrons. The SMILES string of the molecule is Cc1ncccc1C(=O)c1cccc(N2CCCN(C(=O)Oc3ccccc3Cl)CC2)n1. The van der Waals surface area contributed by atoms with E-state index in [0.717, 1.165) is 6.42 Å². The third-order valence-electron chi connectivity index (χ3n) is 5.33. The van der Waals surface area contributed by atoms with Crippen LogP contribution in [-0.2, 0) is 0 Å². The molecule has 8 heteroatoms. The maximum Gasteiger partial charge on any atom is 0.415 e. The van der Waals surface area contributed by atoms with Gasteiger partial charge in [0.25, 0.3) is 0 Å². The van der Waals surface area contributed by atoms with Crippen molar-refractivity contribution in [3.8, 4) is 5.75 Å². The van der Waals surface area contributed by atoms with Crippen LogP contribution in [0.1, 0.15) is 28.2 Å². The second-order valence-corrected chi connectivity index (χ2v) is 7.88. The van der Waals surface area contributed by atoms with Gasteiger partial charge in [0.15, 0.2) is 5.75 Å². The molecule has 0 atom stereocenters. The number of aromatic nitrogens is 2. The third kappa shape index (κ3) is 4.89. The fraction of sp³-hybridized carbons (Fsp3) is 0.250. The molecule has 1 amide bonds. The Morgan fingerprint density at radius 2 is 1.81 bits per heavy atom. The zero-order valence-corrected chi connectivity index (χ0v) is 18.5. The number of pyridine rings is 2. The monoisotopic (exact) mass is 450 g/mol. The highest BCUT2D eigenvalue weighted by molar-refractivity contribution is 6.32. The highest BCUT2D eigenvalue weighted by atomic mass is 35.5. The molecule has 7 nitrogen and oxygen atoms in total. The van der Waals surface area contributed by atoms with Gasteiger partial charge in [-0.15, -0.1) is 0 Å². The fourth-order valence-electron chi connectivity index (χ4n) is 3.60. The number of ether oxygens (including phenoxy) is 1. The number of amides is 1. The highest BCUT2D eigenvalue weighted by Crippen LogP contribution is 2.24. The molecule has 32 heavy (non-hydrogen) atoms. The van der Waals surface area contributed by atoms with E-state index in [9.17, 15) is 9.59 Å². The van der Waals surface area contributed by atoms with Gasteiger partial charge in [0.1, 0.15) is 11.5 Å². The zero-order chi connectivity index (χ0) is 22.5. The Labute approximate surface area is 191 Å². The van der Waals surface area contributed by atoms with Gasteiger partial charge in [-0.2, -0.15) is 0 Å². The van der Waals surface area contributed by atoms with Gasteiger partial charge in [0.2, 0.25) is 5.78 Å². The first kappa shape index (κ1) is 21.8. The second-order valence-electron chi connectivity index (χ2n) is 7.47. The van der Waals surface area contributed by atoms with E-state index in [1.54, 1.807) is 53.6 Å². The molecule has 0 N–H and O–H groups in total. The number of anilines is 1. The lowest BCUT2D eigenvalue weighted by atomic mass is 10.1. The maximum absolute atomic E-state index is 12.9. The molecule has 0 unspecified atom stereocenters. The lowest BCUT2D eigenvalue weighted by Crippen LogP contribution is -2.37. The van der Waals surface area contributed by atoms with Crippen molar-refractivity contribution in [2.45, 2.75) is 13.3 Å². The molecule has 1 fully saturated rings. The molecule has 4 rings (SSSR count). The predicted molar refractivity (Wildman–Crippen MR) is 123 cm³/mol. The van der Waals surface area contributed by atoms with Crippen LogP contribution in [0.3, 0.4) is 0 Å². The Bertz CT molecular complexity index is 1140. The van der Waals surface area contributed by atoms with Crippen molar-refractivity contribution in [3.63, 3.8) is 0 Å². The van der Waals surface area contributed by atoms with Crippen molar-refractivity contribution in [1.82, 2.24) is 14.9 Å². The molecule has 0 spiro atoms. The van der Waals surface area contributed by atoms with Crippen molar-refractivity contribution >= 4 is 29.3 Å². The Balaban J connectivity index is 1.44. The first-order valence-corrected chi connectivity index (χ1v) is 10.8. The number of ketones is 1. The van der Waals surface area contributed by atoms with Crippen molar-refractivity contribution in [3.05, 3.63) is 82.8 Å². The lowest BCUT2D eigenvalue weighted by molar-refractivity contribution is 0.103. The summed E-state index contributed by atoms with van der Waals surface area (Å²) in [7, 11) is 0. The number of halogens is 1. The van der Waals surface area contributed by atoms with Gasteiger partial charge < -0.3 is 14.5 Å². The summed E-state index contributed by atoms with van der Waals surface area (Å²) in [4.78, 5) is 38.1. The van der Waals surface area contributed by atoms with E-state index in [1.807, 2.05) is 19.1 Å². The van der Waals surface area contributed by atoms with E-state index in [4.69, 9.17) is 16.3 Å². The molecule has 1 aliphatic heterocycles. The summed E-state index contributed by atoms with van der Waals surface area (Å²) in [6, 6.07) is 15.8. The number of hydrogen-bond donors (Lipinski definition) is 0. The molecule has 0 aliphatic carbocycles. The van der Waals surface area contributed by atoms with Crippen molar-refractivity contribution in [2.24, 2.45) is 0 Å². The molecule has 1 aromatic carbocycles. The topological polar surface area (TPSA) is 75.6 Å². The molecular weight excluding hydrogens is 428 g/mol. The van der Waals surface area contributed by atoms with E-state index in [2.05, 4.69) is 14.9 Å². The van der Waals surface area contributed by atoms with Gasteiger partial charge in [-0.1, -0.05) is 29.8 Å². The minimum atomic E-state index is -0.427.